The molecule has 5 nitrogen and oxygen atoms in total. The normalized spacial score (nSPS) is 16.0. The van der Waals surface area contributed by atoms with Crippen LogP contribution in [0.1, 0.15) is 49.4 Å². The standard InChI is InChI=1S/C20H23N3O2S/c1-6-12(2)17-22-23-18(26-17)15-9-7-8-14-13(15)10-11-16(14)21-19(24)25-20(3,4)5/h6-9,16H,1-2,10-11H2,3-5H3,(H,21,24). The van der Waals surface area contributed by atoms with Gasteiger partial charge in [-0.05, 0) is 44.7 Å². The molecule has 1 aliphatic rings. The Morgan fingerprint density at radius 2 is 2.15 bits per heavy atom. The van der Waals surface area contributed by atoms with Crippen molar-refractivity contribution in [2.24, 2.45) is 0 Å². The molecule has 136 valence electrons. The second-order valence-electron chi connectivity index (χ2n) is 7.25. The molecule has 1 aromatic carbocycles. The third-order valence-electron chi connectivity index (χ3n) is 4.14. The molecule has 0 spiro atoms. The first-order chi connectivity index (χ1) is 12.3. The van der Waals surface area contributed by atoms with Crippen LogP contribution in [0.15, 0.2) is 37.4 Å². The minimum Gasteiger partial charge on any atom is -0.444 e. The van der Waals surface area contributed by atoms with Gasteiger partial charge in [0.15, 0.2) is 0 Å². The van der Waals surface area contributed by atoms with Crippen molar-refractivity contribution in [2.45, 2.75) is 45.3 Å². The highest BCUT2D eigenvalue weighted by Gasteiger charge is 2.28. The van der Waals surface area contributed by atoms with Gasteiger partial charge in [0, 0.05) is 11.1 Å². The molecule has 2 aromatic rings. The van der Waals surface area contributed by atoms with Crippen LogP contribution in [0.5, 0.6) is 0 Å². The summed E-state index contributed by atoms with van der Waals surface area (Å²) in [5, 5.41) is 13.1. The Morgan fingerprint density at radius 3 is 2.85 bits per heavy atom. The van der Waals surface area contributed by atoms with Gasteiger partial charge >= 0.3 is 6.09 Å². The molecular formula is C20H23N3O2S. The lowest BCUT2D eigenvalue weighted by molar-refractivity contribution is 0.0503. The summed E-state index contributed by atoms with van der Waals surface area (Å²) >= 11 is 1.50. The average molecular weight is 369 g/mol. The lowest BCUT2D eigenvalue weighted by atomic mass is 10.0. The van der Waals surface area contributed by atoms with Gasteiger partial charge in [-0.15, -0.1) is 10.2 Å². The van der Waals surface area contributed by atoms with Gasteiger partial charge in [-0.25, -0.2) is 4.79 Å². The highest BCUT2D eigenvalue weighted by atomic mass is 32.1. The molecule has 0 saturated heterocycles. The van der Waals surface area contributed by atoms with Crippen LogP contribution in [0.2, 0.25) is 0 Å². The first kappa shape index (κ1) is 18.3. The first-order valence-corrected chi connectivity index (χ1v) is 9.37. The van der Waals surface area contributed by atoms with E-state index in [4.69, 9.17) is 4.74 Å². The van der Waals surface area contributed by atoms with E-state index in [1.807, 2.05) is 26.8 Å². The summed E-state index contributed by atoms with van der Waals surface area (Å²) < 4.78 is 5.38. The molecule has 1 aliphatic carbocycles. The van der Waals surface area contributed by atoms with Gasteiger partial charge in [0.1, 0.15) is 15.6 Å². The van der Waals surface area contributed by atoms with E-state index in [9.17, 15) is 4.79 Å². The van der Waals surface area contributed by atoms with Crippen LogP contribution in [0.4, 0.5) is 4.79 Å². The van der Waals surface area contributed by atoms with Crippen LogP contribution in [0.25, 0.3) is 16.1 Å². The topological polar surface area (TPSA) is 64.1 Å². The van der Waals surface area contributed by atoms with Crippen molar-refractivity contribution < 1.29 is 9.53 Å². The van der Waals surface area contributed by atoms with E-state index in [1.54, 1.807) is 6.08 Å². The van der Waals surface area contributed by atoms with Gasteiger partial charge in [-0.2, -0.15) is 0 Å². The number of carbonyl (C=O) groups is 1. The number of hydrogen-bond donors (Lipinski definition) is 1. The molecule has 1 heterocycles. The van der Waals surface area contributed by atoms with Crippen LogP contribution in [-0.2, 0) is 11.2 Å². The number of hydrogen-bond acceptors (Lipinski definition) is 5. The molecule has 6 heteroatoms. The Balaban J connectivity index is 1.84. The maximum atomic E-state index is 12.1. The van der Waals surface area contributed by atoms with Gasteiger partial charge in [-0.1, -0.05) is 48.8 Å². The molecule has 0 fully saturated rings. The van der Waals surface area contributed by atoms with Crippen molar-refractivity contribution in [1.29, 1.82) is 0 Å². The van der Waals surface area contributed by atoms with Crippen LogP contribution in [-0.4, -0.2) is 21.9 Å². The van der Waals surface area contributed by atoms with Crippen LogP contribution in [0.3, 0.4) is 0 Å². The first-order valence-electron chi connectivity index (χ1n) is 8.55. The Bertz CT molecular complexity index is 864. The zero-order valence-electron chi connectivity index (χ0n) is 15.3. The molecule has 1 aromatic heterocycles. The number of ether oxygens (including phenoxy) is 1. The summed E-state index contributed by atoms with van der Waals surface area (Å²) in [6.07, 6.45) is 3.02. The smallest absolute Gasteiger partial charge is 0.408 e. The quantitative estimate of drug-likeness (QED) is 0.777. The molecule has 1 amide bonds. The third-order valence-corrected chi connectivity index (χ3v) is 5.17. The number of nitrogens with one attached hydrogen (secondary N) is 1. The Labute approximate surface area is 157 Å². The SMILES string of the molecule is C=CC(=C)c1nnc(-c2cccc3c2CCC3NC(=O)OC(C)(C)C)s1. The number of rotatable bonds is 4. The average Bonchev–Trinajstić information content (AvgIpc) is 3.20. The van der Waals surface area contributed by atoms with Gasteiger partial charge in [0.2, 0.25) is 0 Å². The summed E-state index contributed by atoms with van der Waals surface area (Å²) in [6, 6.07) is 6.05. The number of fused-ring (bicyclic) bond motifs is 1. The van der Waals surface area contributed by atoms with Crippen LogP contribution in [0, 0.1) is 0 Å². The highest BCUT2D eigenvalue weighted by molar-refractivity contribution is 7.15. The number of aromatic nitrogens is 2. The maximum Gasteiger partial charge on any atom is 0.408 e. The maximum absolute atomic E-state index is 12.1. The second kappa shape index (κ2) is 7.03. The molecule has 3 rings (SSSR count). The molecule has 26 heavy (non-hydrogen) atoms. The molecule has 0 radical (unpaired) electrons. The van der Waals surface area contributed by atoms with Gasteiger partial charge in [-0.3, -0.25) is 0 Å². The van der Waals surface area contributed by atoms with Crippen molar-refractivity contribution in [3.8, 4) is 10.6 Å². The number of allylic oxidation sites excluding steroid dienone is 2. The fourth-order valence-corrected chi connectivity index (χ4v) is 3.87. The van der Waals surface area contributed by atoms with Gasteiger partial charge in [0.25, 0.3) is 0 Å². The fraction of sp³-hybridized carbons (Fsp3) is 0.350. The number of alkyl carbamates (subject to hydrolysis) is 1. The number of nitrogens with zero attached hydrogens (tertiary/aromatic N) is 2. The van der Waals surface area contributed by atoms with E-state index < -0.39 is 5.60 Å². The summed E-state index contributed by atoms with van der Waals surface area (Å²) in [4.78, 5) is 12.1. The van der Waals surface area contributed by atoms with Gasteiger partial charge < -0.3 is 10.1 Å². The summed E-state index contributed by atoms with van der Waals surface area (Å²) in [5.74, 6) is 0. The molecule has 1 atom stereocenters. The van der Waals surface area contributed by atoms with Crippen molar-refractivity contribution in [2.75, 3.05) is 0 Å². The predicted octanol–water partition coefficient (Wildman–Crippen LogP) is 4.92. The van der Waals surface area contributed by atoms with E-state index in [-0.39, 0.29) is 12.1 Å². The van der Waals surface area contributed by atoms with Crippen LogP contribution < -0.4 is 5.32 Å². The molecule has 0 bridgehead atoms. The minimum absolute atomic E-state index is 0.0460. The van der Waals surface area contributed by atoms with Crippen molar-refractivity contribution in [1.82, 2.24) is 15.5 Å². The van der Waals surface area contributed by atoms with E-state index >= 15 is 0 Å². The van der Waals surface area contributed by atoms with Crippen molar-refractivity contribution in [3.05, 3.63) is 53.6 Å². The number of benzene rings is 1. The zero-order valence-corrected chi connectivity index (χ0v) is 16.2. The molecule has 0 aliphatic heterocycles. The van der Waals surface area contributed by atoms with E-state index in [0.29, 0.717) is 0 Å². The van der Waals surface area contributed by atoms with Crippen molar-refractivity contribution in [3.63, 3.8) is 0 Å². The predicted molar refractivity (Wildman–Crippen MR) is 105 cm³/mol. The summed E-state index contributed by atoms with van der Waals surface area (Å²) in [6.45, 7) is 13.2. The van der Waals surface area contributed by atoms with Crippen molar-refractivity contribution >= 4 is 23.0 Å². The lowest BCUT2D eigenvalue weighted by Gasteiger charge is -2.22. The van der Waals surface area contributed by atoms with E-state index in [1.165, 1.54) is 16.9 Å². The Kier molecular flexibility index (Phi) is 4.96. The zero-order chi connectivity index (χ0) is 18.9. The minimum atomic E-state index is -0.510. The molecule has 1 unspecified atom stereocenters. The third kappa shape index (κ3) is 3.85. The number of carbonyl (C=O) groups excluding carboxylic acids is 1. The lowest BCUT2D eigenvalue weighted by Crippen LogP contribution is -2.34. The Morgan fingerprint density at radius 1 is 1.38 bits per heavy atom. The number of amides is 1. The fourth-order valence-electron chi connectivity index (χ4n) is 3.00. The second-order valence-corrected chi connectivity index (χ2v) is 8.23. The Hall–Kier alpha value is -2.47. The molecule has 0 saturated carbocycles. The summed E-state index contributed by atoms with van der Waals surface area (Å²) in [7, 11) is 0. The molecule has 1 N–H and O–H groups in total. The van der Waals surface area contributed by atoms with Crippen LogP contribution >= 0.6 is 11.3 Å². The highest BCUT2D eigenvalue weighted by Crippen LogP contribution is 2.39. The monoisotopic (exact) mass is 369 g/mol. The summed E-state index contributed by atoms with van der Waals surface area (Å²) in [5.41, 5.74) is 3.65. The van der Waals surface area contributed by atoms with Gasteiger partial charge in [0.05, 0.1) is 6.04 Å². The van der Waals surface area contributed by atoms with E-state index in [0.717, 1.165) is 39.6 Å². The van der Waals surface area contributed by atoms with E-state index in [2.05, 4.69) is 40.8 Å². The largest absolute Gasteiger partial charge is 0.444 e. The molecular weight excluding hydrogens is 346 g/mol.